The first-order valence-electron chi connectivity index (χ1n) is 34.9. The Labute approximate surface area is 529 Å². The van der Waals surface area contributed by atoms with Gasteiger partial charge in [-0.05, 0) is 51.4 Å². The molecule has 0 aromatic rings. The molecule has 3 rings (SSSR count). The van der Waals surface area contributed by atoms with Gasteiger partial charge in [-0.1, -0.05) is 242 Å². The summed E-state index contributed by atoms with van der Waals surface area (Å²) in [7, 11) is 0. The van der Waals surface area contributed by atoms with Crippen molar-refractivity contribution in [3.8, 4) is 0 Å². The lowest BCUT2D eigenvalue weighted by molar-refractivity contribution is -0.379. The third-order valence-electron chi connectivity index (χ3n) is 17.4. The Morgan fingerprint density at radius 2 is 0.784 bits per heavy atom. The van der Waals surface area contributed by atoms with E-state index in [2.05, 4.69) is 67.8 Å². The maximum Gasteiger partial charge on any atom is 0.220 e. The van der Waals surface area contributed by atoms with Crippen LogP contribution in [0, 0.1) is 0 Å². The molecule has 0 aromatic heterocycles. The van der Waals surface area contributed by atoms with Crippen molar-refractivity contribution in [1.82, 2.24) is 5.32 Å². The Morgan fingerprint density at radius 1 is 0.420 bits per heavy atom. The molecule has 0 radical (unpaired) electrons. The minimum absolute atomic E-state index is 0.243. The standard InChI is InChI=1S/C69H125NO18/c1-3-5-7-9-11-13-15-17-19-21-22-23-24-25-26-27-28-29-30-31-33-35-37-39-41-43-45-47-57(75)70-52(53(74)46-44-42-40-38-36-34-32-20-18-16-14-12-10-8-6-4-2)51-83-67-63(81)60(78)65(55(49-72)85-67)88-69-64(82)61(79)66(56(50-73)86-69)87-68-62(80)59(77)58(76)54(48-71)84-68/h5,7,11,13,17,19,22-23,52-56,58-69,71-74,76-82H,3-4,6,8-10,12,14-16,18,20-21,24-51H2,1-2H3,(H,70,75)/b7-5-,13-11-,19-17-,23-22-. The highest BCUT2D eigenvalue weighted by Gasteiger charge is 2.53. The average Bonchev–Trinajstić information content (AvgIpc) is 3.39. The first-order valence-corrected chi connectivity index (χ1v) is 34.9. The van der Waals surface area contributed by atoms with E-state index in [9.17, 15) is 61.0 Å². The van der Waals surface area contributed by atoms with Crippen molar-refractivity contribution < 1.29 is 89.4 Å². The third kappa shape index (κ3) is 33.0. The van der Waals surface area contributed by atoms with Crippen molar-refractivity contribution in [2.75, 3.05) is 26.4 Å². The summed E-state index contributed by atoms with van der Waals surface area (Å²) in [5.74, 6) is -0.243. The zero-order valence-corrected chi connectivity index (χ0v) is 54.2. The van der Waals surface area contributed by atoms with Crippen LogP contribution in [0.5, 0.6) is 0 Å². The van der Waals surface area contributed by atoms with Crippen LogP contribution in [0.15, 0.2) is 48.6 Å². The molecule has 3 aliphatic rings. The lowest BCUT2D eigenvalue weighted by atomic mass is 9.96. The number of amides is 1. The normalized spacial score (nSPS) is 28.7. The molecule has 3 heterocycles. The molecule has 12 N–H and O–H groups in total. The third-order valence-corrected chi connectivity index (χ3v) is 17.4. The summed E-state index contributed by atoms with van der Waals surface area (Å²) in [5, 5.41) is 121. The van der Waals surface area contributed by atoms with E-state index >= 15 is 0 Å². The second-order valence-electron chi connectivity index (χ2n) is 25.0. The van der Waals surface area contributed by atoms with Crippen LogP contribution >= 0.6 is 0 Å². The first kappa shape index (κ1) is 80.0. The summed E-state index contributed by atoms with van der Waals surface area (Å²) in [4.78, 5) is 13.4. The number of ether oxygens (including phenoxy) is 6. The van der Waals surface area contributed by atoms with Crippen LogP contribution in [-0.2, 0) is 33.2 Å². The van der Waals surface area contributed by atoms with E-state index in [1.165, 1.54) is 148 Å². The van der Waals surface area contributed by atoms with Crippen LogP contribution in [-0.4, -0.2) is 193 Å². The van der Waals surface area contributed by atoms with Crippen molar-refractivity contribution >= 4 is 5.91 Å². The fraction of sp³-hybridized carbons (Fsp3) is 0.870. The Morgan fingerprint density at radius 3 is 1.23 bits per heavy atom. The van der Waals surface area contributed by atoms with E-state index in [4.69, 9.17) is 28.4 Å². The maximum atomic E-state index is 13.4. The predicted octanol–water partition coefficient (Wildman–Crippen LogP) is 9.00. The summed E-state index contributed by atoms with van der Waals surface area (Å²) < 4.78 is 34.4. The van der Waals surface area contributed by atoms with Gasteiger partial charge in [0.25, 0.3) is 0 Å². The molecule has 1 amide bonds. The number of nitrogens with one attached hydrogen (secondary N) is 1. The van der Waals surface area contributed by atoms with E-state index in [-0.39, 0.29) is 18.9 Å². The lowest BCUT2D eigenvalue weighted by Gasteiger charge is -2.48. The summed E-state index contributed by atoms with van der Waals surface area (Å²) in [5.41, 5.74) is 0. The van der Waals surface area contributed by atoms with Gasteiger partial charge in [0, 0.05) is 6.42 Å². The zero-order chi connectivity index (χ0) is 64.0. The van der Waals surface area contributed by atoms with Crippen LogP contribution in [0.25, 0.3) is 0 Å². The first-order chi connectivity index (χ1) is 42.8. The van der Waals surface area contributed by atoms with E-state index < -0.39 is 124 Å². The average molecular weight is 1260 g/mol. The number of rotatable bonds is 53. The Kier molecular flexibility index (Phi) is 46.5. The summed E-state index contributed by atoms with van der Waals surface area (Å²) in [6.45, 7) is 1.70. The van der Waals surface area contributed by atoms with Gasteiger partial charge in [0.1, 0.15) is 73.2 Å². The Balaban J connectivity index is 1.41. The maximum absolute atomic E-state index is 13.4. The number of carbonyl (C=O) groups is 1. The largest absolute Gasteiger partial charge is 0.394 e. The Bertz CT molecular complexity index is 1790. The van der Waals surface area contributed by atoms with Gasteiger partial charge in [0.2, 0.25) is 5.91 Å². The SMILES string of the molecule is CC/C=C\C/C=C\C/C=C\C/C=C\CCCCCCCCCCCCCCCCC(=O)NC(COC1OC(CO)C(OC2OC(CO)C(OC3OC(CO)C(O)C(O)C3O)C(O)C2O)C(O)C1O)C(O)CCCCCCCCCCCCCCCCCC. The quantitative estimate of drug-likeness (QED) is 0.0200. The topological polar surface area (TPSA) is 307 Å². The van der Waals surface area contributed by atoms with E-state index in [1.54, 1.807) is 0 Å². The molecular formula is C69H125NO18. The van der Waals surface area contributed by atoms with E-state index in [1.807, 2.05) is 0 Å². The Hall–Kier alpha value is -2.25. The van der Waals surface area contributed by atoms with Gasteiger partial charge in [0.05, 0.1) is 38.6 Å². The zero-order valence-electron chi connectivity index (χ0n) is 54.2. The number of hydrogen-bond donors (Lipinski definition) is 12. The van der Waals surface area contributed by atoms with Crippen LogP contribution in [0.1, 0.15) is 251 Å². The highest BCUT2D eigenvalue weighted by molar-refractivity contribution is 5.76. The number of hydrogen-bond acceptors (Lipinski definition) is 18. The highest BCUT2D eigenvalue weighted by Crippen LogP contribution is 2.33. The number of unbranched alkanes of at least 4 members (excludes halogenated alkanes) is 29. The second-order valence-corrected chi connectivity index (χ2v) is 25.0. The fourth-order valence-corrected chi connectivity index (χ4v) is 11.8. The molecule has 17 unspecified atom stereocenters. The van der Waals surface area contributed by atoms with E-state index in [0.717, 1.165) is 70.6 Å². The van der Waals surface area contributed by atoms with Crippen molar-refractivity contribution in [1.29, 1.82) is 0 Å². The van der Waals surface area contributed by atoms with Gasteiger partial charge < -0.3 is 89.9 Å². The van der Waals surface area contributed by atoms with Gasteiger partial charge >= 0.3 is 0 Å². The van der Waals surface area contributed by atoms with E-state index in [0.29, 0.717) is 12.8 Å². The molecule has 19 nitrogen and oxygen atoms in total. The molecule has 514 valence electrons. The molecule has 17 atom stereocenters. The number of aliphatic hydroxyl groups excluding tert-OH is 11. The minimum atomic E-state index is -1.97. The van der Waals surface area contributed by atoms with Gasteiger partial charge in [-0.3, -0.25) is 4.79 Å². The van der Waals surface area contributed by atoms with Crippen LogP contribution in [0.2, 0.25) is 0 Å². The molecule has 0 aromatic carbocycles. The predicted molar refractivity (Wildman–Crippen MR) is 342 cm³/mol. The monoisotopic (exact) mass is 1260 g/mol. The fourth-order valence-electron chi connectivity index (χ4n) is 11.8. The molecule has 3 fully saturated rings. The summed E-state index contributed by atoms with van der Waals surface area (Å²) >= 11 is 0. The molecule has 88 heavy (non-hydrogen) atoms. The van der Waals surface area contributed by atoms with Gasteiger partial charge in [-0.2, -0.15) is 0 Å². The molecule has 0 spiro atoms. The van der Waals surface area contributed by atoms with Crippen LogP contribution in [0.3, 0.4) is 0 Å². The summed E-state index contributed by atoms with van der Waals surface area (Å²) in [6.07, 6.45) is 33.3. The van der Waals surface area contributed by atoms with Crippen LogP contribution < -0.4 is 5.32 Å². The molecule has 19 heteroatoms. The lowest BCUT2D eigenvalue weighted by Crippen LogP contribution is -2.66. The van der Waals surface area contributed by atoms with Crippen LogP contribution in [0.4, 0.5) is 0 Å². The van der Waals surface area contributed by atoms with Crippen molar-refractivity contribution in [3.05, 3.63) is 48.6 Å². The second kappa shape index (κ2) is 51.2. The molecule has 0 bridgehead atoms. The van der Waals surface area contributed by atoms with Crippen molar-refractivity contribution in [2.45, 2.75) is 356 Å². The summed E-state index contributed by atoms with van der Waals surface area (Å²) in [6, 6.07) is -0.888. The number of allylic oxidation sites excluding steroid dienone is 8. The molecule has 0 aliphatic carbocycles. The molecule has 3 aliphatic heterocycles. The van der Waals surface area contributed by atoms with Gasteiger partial charge in [0.15, 0.2) is 18.9 Å². The number of carbonyl (C=O) groups excluding carboxylic acids is 1. The molecular weight excluding hydrogens is 1130 g/mol. The van der Waals surface area contributed by atoms with Crippen molar-refractivity contribution in [3.63, 3.8) is 0 Å². The number of aliphatic hydroxyl groups is 11. The smallest absolute Gasteiger partial charge is 0.220 e. The van der Waals surface area contributed by atoms with Gasteiger partial charge in [-0.25, -0.2) is 0 Å². The minimum Gasteiger partial charge on any atom is -0.394 e. The molecule has 3 saturated heterocycles. The van der Waals surface area contributed by atoms with Crippen molar-refractivity contribution in [2.24, 2.45) is 0 Å². The molecule has 0 saturated carbocycles. The van der Waals surface area contributed by atoms with Gasteiger partial charge in [-0.15, -0.1) is 0 Å². The highest BCUT2D eigenvalue weighted by atomic mass is 16.8.